The number of piperidine rings is 1. The topological polar surface area (TPSA) is 100 Å². The second-order valence-corrected chi connectivity index (χ2v) is 6.00. The molecule has 1 fully saturated rings. The number of amides is 1. The number of nitrogens with zero attached hydrogens (tertiary/aromatic N) is 3. The zero-order chi connectivity index (χ0) is 18.5. The van der Waals surface area contributed by atoms with Gasteiger partial charge < -0.3 is 9.32 Å². The minimum absolute atomic E-state index is 0.00430. The van der Waals surface area contributed by atoms with Crippen molar-refractivity contribution in [1.29, 1.82) is 5.26 Å². The fourth-order valence-electron chi connectivity index (χ4n) is 2.97. The summed E-state index contributed by atoms with van der Waals surface area (Å²) < 4.78 is 5.63. The number of carbonyl (C=O) groups is 1. The van der Waals surface area contributed by atoms with Crippen LogP contribution < -0.4 is 0 Å². The third-order valence-electron chi connectivity index (χ3n) is 4.27. The minimum atomic E-state index is -0.478. The van der Waals surface area contributed by atoms with Crippen LogP contribution in [0.5, 0.6) is 0 Å². The standard InChI is InChI=1S/C19H17N3O4/c20-13-14(19(23)21-10-4-1-5-11-21)12-15-8-9-18(26-15)16-6-2-3-7-17(16)22(24)25/h2-3,6-9,12H,1,4-5,10-11H2. The third-order valence-corrected chi connectivity index (χ3v) is 4.27. The van der Waals surface area contributed by atoms with Crippen molar-refractivity contribution in [2.75, 3.05) is 13.1 Å². The van der Waals surface area contributed by atoms with Gasteiger partial charge in [-0.2, -0.15) is 5.26 Å². The first-order valence-electron chi connectivity index (χ1n) is 8.35. The lowest BCUT2D eigenvalue weighted by atomic mass is 10.1. The molecule has 0 unspecified atom stereocenters. The molecule has 2 heterocycles. The van der Waals surface area contributed by atoms with Gasteiger partial charge >= 0.3 is 0 Å². The maximum atomic E-state index is 12.5. The van der Waals surface area contributed by atoms with Crippen LogP contribution in [0.2, 0.25) is 0 Å². The van der Waals surface area contributed by atoms with E-state index in [-0.39, 0.29) is 17.2 Å². The quantitative estimate of drug-likeness (QED) is 0.361. The Kier molecular flexibility index (Phi) is 5.13. The molecule has 7 heteroatoms. The number of likely N-dealkylation sites (tertiary alicyclic amines) is 1. The molecule has 1 aromatic carbocycles. The molecular weight excluding hydrogens is 334 g/mol. The van der Waals surface area contributed by atoms with E-state index in [1.165, 1.54) is 12.1 Å². The van der Waals surface area contributed by atoms with Crippen molar-refractivity contribution >= 4 is 17.7 Å². The second-order valence-electron chi connectivity index (χ2n) is 6.00. The zero-order valence-electron chi connectivity index (χ0n) is 14.1. The lowest BCUT2D eigenvalue weighted by Gasteiger charge is -2.26. The summed E-state index contributed by atoms with van der Waals surface area (Å²) in [7, 11) is 0. The van der Waals surface area contributed by atoms with Crippen LogP contribution >= 0.6 is 0 Å². The highest BCUT2D eigenvalue weighted by atomic mass is 16.6. The summed E-state index contributed by atoms with van der Waals surface area (Å²) in [6.07, 6.45) is 4.35. The van der Waals surface area contributed by atoms with Crippen LogP contribution in [0, 0.1) is 21.4 Å². The molecule has 0 atom stereocenters. The average Bonchev–Trinajstić information content (AvgIpc) is 3.14. The Labute approximate surface area is 150 Å². The van der Waals surface area contributed by atoms with Gasteiger partial charge in [-0.25, -0.2) is 0 Å². The Morgan fingerprint density at radius 2 is 1.92 bits per heavy atom. The number of nitriles is 1. The Bertz CT molecular complexity index is 902. The van der Waals surface area contributed by atoms with Gasteiger partial charge in [0.05, 0.1) is 10.5 Å². The molecule has 0 saturated carbocycles. The van der Waals surface area contributed by atoms with Crippen molar-refractivity contribution in [2.24, 2.45) is 0 Å². The highest BCUT2D eigenvalue weighted by molar-refractivity contribution is 6.01. The number of rotatable bonds is 4. The van der Waals surface area contributed by atoms with E-state index in [1.54, 1.807) is 35.2 Å². The van der Waals surface area contributed by atoms with Gasteiger partial charge in [-0.15, -0.1) is 0 Å². The molecule has 2 aromatic rings. The van der Waals surface area contributed by atoms with Gasteiger partial charge in [0.25, 0.3) is 11.6 Å². The van der Waals surface area contributed by atoms with Crippen molar-refractivity contribution < 1.29 is 14.1 Å². The van der Waals surface area contributed by atoms with Crippen LogP contribution in [0.1, 0.15) is 25.0 Å². The SMILES string of the molecule is N#CC(=Cc1ccc(-c2ccccc2[N+](=O)[O-])o1)C(=O)N1CCCCC1. The summed E-state index contributed by atoms with van der Waals surface area (Å²) in [4.78, 5) is 24.8. The molecule has 0 aliphatic carbocycles. The molecule has 132 valence electrons. The summed E-state index contributed by atoms with van der Waals surface area (Å²) >= 11 is 0. The Hall–Kier alpha value is -3.40. The van der Waals surface area contributed by atoms with Gasteiger partial charge in [-0.05, 0) is 37.5 Å². The number of nitro groups is 1. The fourth-order valence-corrected chi connectivity index (χ4v) is 2.97. The lowest BCUT2D eigenvalue weighted by molar-refractivity contribution is -0.384. The first-order chi connectivity index (χ1) is 12.6. The van der Waals surface area contributed by atoms with Crippen molar-refractivity contribution in [1.82, 2.24) is 4.90 Å². The monoisotopic (exact) mass is 351 g/mol. The van der Waals surface area contributed by atoms with E-state index in [0.29, 0.717) is 30.2 Å². The molecule has 1 amide bonds. The number of benzene rings is 1. The number of carbonyl (C=O) groups excluding carboxylic acids is 1. The van der Waals surface area contributed by atoms with E-state index >= 15 is 0 Å². The predicted molar refractivity (Wildman–Crippen MR) is 94.8 cm³/mol. The van der Waals surface area contributed by atoms with Crippen LogP contribution in [-0.2, 0) is 4.79 Å². The van der Waals surface area contributed by atoms with E-state index < -0.39 is 4.92 Å². The maximum Gasteiger partial charge on any atom is 0.280 e. The van der Waals surface area contributed by atoms with Gasteiger partial charge in [-0.1, -0.05) is 12.1 Å². The average molecular weight is 351 g/mol. The number of nitro benzene ring substituents is 1. The number of hydrogen-bond donors (Lipinski definition) is 0. The molecule has 0 N–H and O–H groups in total. The zero-order valence-corrected chi connectivity index (χ0v) is 14.1. The molecule has 3 rings (SSSR count). The molecule has 1 aliphatic heterocycles. The minimum Gasteiger partial charge on any atom is -0.456 e. The normalized spacial score (nSPS) is 14.7. The van der Waals surface area contributed by atoms with E-state index in [2.05, 4.69) is 0 Å². The number of para-hydroxylation sites is 1. The molecule has 7 nitrogen and oxygen atoms in total. The van der Waals surface area contributed by atoms with Gasteiger partial charge in [0.2, 0.25) is 0 Å². The van der Waals surface area contributed by atoms with Crippen molar-refractivity contribution in [2.45, 2.75) is 19.3 Å². The van der Waals surface area contributed by atoms with Gasteiger partial charge in [0.15, 0.2) is 0 Å². The molecule has 0 spiro atoms. The van der Waals surface area contributed by atoms with E-state index in [9.17, 15) is 20.2 Å². The summed E-state index contributed by atoms with van der Waals surface area (Å²) in [5.41, 5.74) is 0.274. The predicted octanol–water partition coefficient (Wildman–Crippen LogP) is 3.77. The summed E-state index contributed by atoms with van der Waals surface area (Å²) in [5.74, 6) is 0.308. The number of furan rings is 1. The van der Waals surface area contributed by atoms with Crippen molar-refractivity contribution in [3.8, 4) is 17.4 Å². The van der Waals surface area contributed by atoms with Gasteiger partial charge in [0.1, 0.15) is 23.2 Å². The first kappa shape index (κ1) is 17.4. The van der Waals surface area contributed by atoms with Crippen molar-refractivity contribution in [3.05, 3.63) is 57.8 Å². The van der Waals surface area contributed by atoms with E-state index in [1.807, 2.05) is 6.07 Å². The number of hydrogen-bond acceptors (Lipinski definition) is 5. The Morgan fingerprint density at radius 1 is 1.19 bits per heavy atom. The van der Waals surface area contributed by atoms with Crippen LogP contribution in [-0.4, -0.2) is 28.8 Å². The lowest BCUT2D eigenvalue weighted by Crippen LogP contribution is -2.36. The molecule has 1 aromatic heterocycles. The highest BCUT2D eigenvalue weighted by Crippen LogP contribution is 2.31. The molecule has 1 aliphatic rings. The van der Waals surface area contributed by atoms with Gasteiger partial charge in [-0.3, -0.25) is 14.9 Å². The Morgan fingerprint density at radius 3 is 2.62 bits per heavy atom. The van der Waals surface area contributed by atoms with Crippen LogP contribution in [0.3, 0.4) is 0 Å². The third kappa shape index (κ3) is 3.64. The molecule has 26 heavy (non-hydrogen) atoms. The smallest absolute Gasteiger partial charge is 0.280 e. The van der Waals surface area contributed by atoms with Crippen LogP contribution in [0.25, 0.3) is 17.4 Å². The van der Waals surface area contributed by atoms with Gasteiger partial charge in [0, 0.05) is 25.2 Å². The van der Waals surface area contributed by atoms with Crippen LogP contribution in [0.15, 0.2) is 46.4 Å². The summed E-state index contributed by atoms with van der Waals surface area (Å²) in [6.45, 7) is 1.30. The largest absolute Gasteiger partial charge is 0.456 e. The first-order valence-corrected chi connectivity index (χ1v) is 8.35. The van der Waals surface area contributed by atoms with E-state index in [4.69, 9.17) is 4.42 Å². The Balaban J connectivity index is 1.87. The summed E-state index contributed by atoms with van der Waals surface area (Å²) in [6, 6.07) is 11.4. The molecule has 1 saturated heterocycles. The van der Waals surface area contributed by atoms with Crippen molar-refractivity contribution in [3.63, 3.8) is 0 Å². The molecule has 0 radical (unpaired) electrons. The van der Waals surface area contributed by atoms with E-state index in [0.717, 1.165) is 19.3 Å². The summed E-state index contributed by atoms with van der Waals surface area (Å²) in [5, 5.41) is 20.5. The molecule has 0 bridgehead atoms. The maximum absolute atomic E-state index is 12.5. The highest BCUT2D eigenvalue weighted by Gasteiger charge is 2.21. The molecular formula is C19H17N3O4. The van der Waals surface area contributed by atoms with Crippen LogP contribution in [0.4, 0.5) is 5.69 Å². The fraction of sp³-hybridized carbons (Fsp3) is 0.263. The second kappa shape index (κ2) is 7.66.